The van der Waals surface area contributed by atoms with E-state index in [0.717, 1.165) is 13.7 Å². The third kappa shape index (κ3) is 14.9. The molecule has 0 spiro atoms. The summed E-state index contributed by atoms with van der Waals surface area (Å²) in [6.07, 6.45) is 2.04. The molecule has 6 heterocycles. The molecule has 9 rings (SSSR count). The van der Waals surface area contributed by atoms with Crippen molar-refractivity contribution in [3.63, 3.8) is 0 Å². The van der Waals surface area contributed by atoms with Crippen molar-refractivity contribution in [3.8, 4) is 0 Å². The van der Waals surface area contributed by atoms with E-state index in [-0.39, 0.29) is 103 Å². The molecule has 3 aromatic carbocycles. The van der Waals surface area contributed by atoms with E-state index in [1.807, 2.05) is 20.8 Å². The maximum atomic E-state index is 13.3. The molecular formula is C57H72F3N21O9S3. The average Bonchev–Trinajstić information content (AvgIpc) is 1.62. The topological polar surface area (TPSA) is 420 Å². The van der Waals surface area contributed by atoms with Crippen LogP contribution in [0.1, 0.15) is 77.5 Å². The zero-order valence-electron chi connectivity index (χ0n) is 52.4. The molecule has 1 unspecified atom stereocenters. The molecule has 0 aliphatic rings. The van der Waals surface area contributed by atoms with Crippen molar-refractivity contribution >= 4 is 98.2 Å². The number of nitrogens with one attached hydrogen (secondary N) is 3. The van der Waals surface area contributed by atoms with Crippen LogP contribution >= 0.6 is 0 Å². The Hall–Kier alpha value is -9.84. The number of nitrogen functional groups attached to an aromatic ring is 3. The zero-order valence-corrected chi connectivity index (χ0v) is 54.8. The highest BCUT2D eigenvalue weighted by atomic mass is 32.2. The van der Waals surface area contributed by atoms with E-state index >= 15 is 0 Å². The minimum absolute atomic E-state index is 0.0106. The van der Waals surface area contributed by atoms with Gasteiger partial charge < -0.3 is 31.9 Å². The highest BCUT2D eigenvalue weighted by Crippen LogP contribution is 2.26. The molecule has 0 saturated carbocycles. The number of halogens is 3. The first-order valence-corrected chi connectivity index (χ1v) is 34.1. The van der Waals surface area contributed by atoms with Gasteiger partial charge in [-0.2, -0.15) is 15.0 Å². The van der Waals surface area contributed by atoms with E-state index in [1.165, 1.54) is 101 Å². The zero-order chi connectivity index (χ0) is 68.8. The number of hydrogen-bond acceptors (Lipinski definition) is 21. The molecule has 30 nitrogen and oxygen atoms in total. The fourth-order valence-electron chi connectivity index (χ4n) is 9.36. The van der Waals surface area contributed by atoms with Crippen LogP contribution in [0.5, 0.6) is 0 Å². The maximum absolute atomic E-state index is 13.3. The molecule has 0 aliphatic carbocycles. The fraction of sp³-hybridized carbons (Fsp3) is 0.368. The molecule has 6 aromatic heterocycles. The summed E-state index contributed by atoms with van der Waals surface area (Å²) >= 11 is 0. The second kappa shape index (κ2) is 28.8. The number of nitrogens with two attached hydrogens (primary N) is 3. The molecule has 36 heteroatoms. The minimum Gasteiger partial charge on any atom is -0.382 e. The molecule has 3 atom stereocenters. The number of aromatic nitrogens is 12. The van der Waals surface area contributed by atoms with Crippen molar-refractivity contribution in [2.75, 3.05) is 75.2 Å². The number of carbonyl (C=O) groups is 3. The van der Waals surface area contributed by atoms with Gasteiger partial charge in [-0.3, -0.25) is 13.7 Å². The van der Waals surface area contributed by atoms with Gasteiger partial charge in [0.2, 0.25) is 15.5 Å². The predicted molar refractivity (Wildman–Crippen MR) is 345 cm³/mol. The Morgan fingerprint density at radius 1 is 0.419 bits per heavy atom. The minimum atomic E-state index is -3.33. The molecule has 0 radical (unpaired) electrons. The lowest BCUT2D eigenvalue weighted by Crippen LogP contribution is -2.38. The molecule has 0 aliphatic heterocycles. The van der Waals surface area contributed by atoms with Gasteiger partial charge in [-0.15, -0.1) is 0 Å². The number of rotatable bonds is 18. The van der Waals surface area contributed by atoms with Crippen molar-refractivity contribution < 1.29 is 40.2 Å². The van der Waals surface area contributed by atoms with Crippen molar-refractivity contribution in [1.82, 2.24) is 72.0 Å². The van der Waals surface area contributed by atoms with Crippen LogP contribution in [0.4, 0.5) is 45.0 Å². The quantitative estimate of drug-likeness (QED) is 0.0514. The summed E-state index contributed by atoms with van der Waals surface area (Å²) in [7, 11) is -5.32. The van der Waals surface area contributed by atoms with Crippen molar-refractivity contribution in [2.24, 2.45) is 0 Å². The summed E-state index contributed by atoms with van der Waals surface area (Å²) in [5.41, 5.74) is 17.7. The van der Waals surface area contributed by atoms with Crippen molar-refractivity contribution in [2.45, 2.75) is 95.9 Å². The molecule has 498 valence electrons. The average molecular weight is 1350 g/mol. The summed E-state index contributed by atoms with van der Waals surface area (Å²) in [6.45, 7) is 11.5. The van der Waals surface area contributed by atoms with E-state index in [9.17, 15) is 54.6 Å². The van der Waals surface area contributed by atoms with Gasteiger partial charge in [0, 0.05) is 58.0 Å². The van der Waals surface area contributed by atoms with E-state index in [2.05, 4.69) is 29.9 Å². The van der Waals surface area contributed by atoms with E-state index in [1.54, 1.807) is 41.9 Å². The van der Waals surface area contributed by atoms with Crippen LogP contribution in [0.25, 0.3) is 33.5 Å². The van der Waals surface area contributed by atoms with Gasteiger partial charge in [-0.1, -0.05) is 77.9 Å². The smallest absolute Gasteiger partial charge is 0.339 e. The SMILES string of the molecule is CCCN(C)C(=O)n1c(=O)n(Cc2ccc(F)cc2)c2nc(S(=N)(=O)CC)nc(N)c21.CCCN(C)C(=O)n1c(=O)n(Cc2ccc(F)cc2)c2nc([S@@](=N)(=O)CC)nc(N)c21.CCCN(C)C(=O)n1c(=O)n(Cc2ccc(F)cc2)c2nc([S@](=N)(=O)CC)nc(N)c21. The molecular weight excluding hydrogens is 1280 g/mol. The number of imidazole rings is 3. The first-order valence-electron chi connectivity index (χ1n) is 29.0. The number of fused-ring (bicyclic) bond motifs is 3. The second-order valence-electron chi connectivity index (χ2n) is 21.2. The lowest BCUT2D eigenvalue weighted by atomic mass is 10.2. The summed E-state index contributed by atoms with van der Waals surface area (Å²) in [5, 5.41) is -0.918. The summed E-state index contributed by atoms with van der Waals surface area (Å²) in [4.78, 5) is 107. The van der Waals surface area contributed by atoms with Crippen LogP contribution in [-0.2, 0) is 48.8 Å². The third-order valence-corrected chi connectivity index (χ3v) is 19.2. The number of amides is 3. The van der Waals surface area contributed by atoms with Gasteiger partial charge in [0.1, 0.15) is 63.2 Å². The molecule has 0 bridgehead atoms. The lowest BCUT2D eigenvalue weighted by Gasteiger charge is -2.16. The summed E-state index contributed by atoms with van der Waals surface area (Å²) < 4.78 is 108. The Labute approximate surface area is 531 Å². The second-order valence-corrected chi connectivity index (χ2v) is 28.1. The van der Waals surface area contributed by atoms with E-state index < -0.39 is 81.8 Å². The monoisotopic (exact) mass is 1350 g/mol. The molecule has 9 aromatic rings. The number of carbonyl (C=O) groups excluding carboxylic acids is 3. The van der Waals surface area contributed by atoms with Crippen molar-refractivity contribution in [3.05, 3.63) is 138 Å². The maximum Gasteiger partial charge on any atom is 0.339 e. The number of benzene rings is 3. The number of nitrogens with zero attached hydrogens (tertiary/aromatic N) is 15. The Bertz CT molecular complexity index is 4370. The van der Waals surface area contributed by atoms with Gasteiger partial charge in [0.05, 0.1) is 19.6 Å². The normalized spacial score (nSPS) is 13.3. The van der Waals surface area contributed by atoms with Gasteiger partial charge in [0.25, 0.3) is 0 Å². The number of anilines is 3. The molecule has 0 saturated heterocycles. The van der Waals surface area contributed by atoms with Crippen molar-refractivity contribution in [1.29, 1.82) is 14.3 Å². The van der Waals surface area contributed by atoms with Gasteiger partial charge in [-0.25, -0.2) is 97.6 Å². The number of hydrogen-bond donors (Lipinski definition) is 6. The van der Waals surface area contributed by atoms with Crippen LogP contribution in [-0.4, -0.2) is 161 Å². The third-order valence-electron chi connectivity index (χ3n) is 14.4. The largest absolute Gasteiger partial charge is 0.382 e. The standard InChI is InChI=1S/3C19H24FN7O3S/c3*1-4-10-25(3)18(28)27-14-15(21)23-17(31(22,30)5-2)24-16(14)26(19(27)29)11-12-6-8-13(20)9-7-12/h3*6-9,22H,4-5,10-11H2,1-3H3,(H2,21,23,24)/t2*31-;/m10./s1. The Morgan fingerprint density at radius 2 is 0.634 bits per heavy atom. The van der Waals surface area contributed by atoms with Gasteiger partial charge in [0.15, 0.2) is 34.4 Å². The van der Waals surface area contributed by atoms with Crippen LogP contribution in [0.3, 0.4) is 0 Å². The summed E-state index contributed by atoms with van der Waals surface area (Å²) in [6, 6.07) is 14.7. The van der Waals surface area contributed by atoms with Crippen LogP contribution < -0.4 is 34.3 Å². The first kappa shape index (κ1) is 70.6. The Morgan fingerprint density at radius 3 is 0.828 bits per heavy atom. The van der Waals surface area contributed by atoms with Gasteiger partial charge >= 0.3 is 35.2 Å². The predicted octanol–water partition coefficient (Wildman–Crippen LogP) is 6.29. The van der Waals surface area contributed by atoms with E-state index in [0.29, 0.717) is 55.6 Å². The highest BCUT2D eigenvalue weighted by Gasteiger charge is 2.31. The van der Waals surface area contributed by atoms with Crippen LogP contribution in [0.2, 0.25) is 0 Å². The Balaban J connectivity index is 0.000000198. The van der Waals surface area contributed by atoms with E-state index in [4.69, 9.17) is 31.5 Å². The fourth-order valence-corrected chi connectivity index (χ4v) is 11.6. The first-order chi connectivity index (χ1) is 43.8. The molecule has 0 fully saturated rings. The Kier molecular flexibility index (Phi) is 21.8. The van der Waals surface area contributed by atoms with Crippen LogP contribution in [0.15, 0.2) is 103 Å². The lowest BCUT2D eigenvalue weighted by molar-refractivity contribution is 0.210. The highest BCUT2D eigenvalue weighted by molar-refractivity contribution is 7.92. The summed E-state index contributed by atoms with van der Waals surface area (Å²) in [5.74, 6) is -2.08. The molecule has 3 amide bonds. The van der Waals surface area contributed by atoms with Crippen LogP contribution in [0, 0.1) is 31.8 Å². The van der Waals surface area contributed by atoms with Gasteiger partial charge in [-0.05, 0) is 72.4 Å². The molecule has 9 N–H and O–H groups in total. The molecule has 93 heavy (non-hydrogen) atoms.